The zero-order chi connectivity index (χ0) is 22.3. The molecule has 2 amide bonds. The monoisotopic (exact) mass is 426 g/mol. The Morgan fingerprint density at radius 1 is 0.906 bits per heavy atom. The maximum atomic E-state index is 12.9. The predicted octanol–water partition coefficient (Wildman–Crippen LogP) is 3.84. The van der Waals surface area contributed by atoms with Crippen molar-refractivity contribution in [2.75, 3.05) is 6.61 Å². The highest BCUT2D eigenvalue weighted by Crippen LogP contribution is 2.23. The summed E-state index contributed by atoms with van der Waals surface area (Å²) in [7, 11) is 0. The van der Waals surface area contributed by atoms with Crippen LogP contribution in [-0.2, 0) is 4.79 Å². The van der Waals surface area contributed by atoms with E-state index >= 15 is 0 Å². The van der Waals surface area contributed by atoms with Crippen LogP contribution >= 0.6 is 0 Å². The zero-order valence-electron chi connectivity index (χ0n) is 17.5. The maximum absolute atomic E-state index is 12.9. The summed E-state index contributed by atoms with van der Waals surface area (Å²) < 4.78 is 5.56. The number of ether oxygens (including phenoxy) is 1. The Morgan fingerprint density at radius 2 is 1.69 bits per heavy atom. The van der Waals surface area contributed by atoms with Gasteiger partial charge < -0.3 is 4.74 Å². The van der Waals surface area contributed by atoms with Crippen molar-refractivity contribution < 1.29 is 14.3 Å². The number of hydrogen-bond acceptors (Lipinski definition) is 5. The van der Waals surface area contributed by atoms with Gasteiger partial charge in [0.25, 0.3) is 5.91 Å². The first-order valence-corrected chi connectivity index (χ1v) is 10.2. The second-order valence-corrected chi connectivity index (χ2v) is 7.20. The van der Waals surface area contributed by atoms with Crippen LogP contribution in [0.2, 0.25) is 0 Å². The fraction of sp³-hybridized carbons (Fsp3) is 0.120. The van der Waals surface area contributed by atoms with Crippen molar-refractivity contribution in [1.29, 1.82) is 0 Å². The van der Waals surface area contributed by atoms with Crippen molar-refractivity contribution in [2.45, 2.75) is 13.3 Å². The van der Waals surface area contributed by atoms with Crippen LogP contribution in [0.15, 0.2) is 79.0 Å². The summed E-state index contributed by atoms with van der Waals surface area (Å²) in [5, 5.41) is 0.682. The molecule has 2 aromatic heterocycles. The number of hydrazine groups is 1. The van der Waals surface area contributed by atoms with E-state index in [1.54, 1.807) is 12.3 Å². The first kappa shape index (κ1) is 21.0. The lowest BCUT2D eigenvalue weighted by atomic mass is 10.1. The topological polar surface area (TPSA) is 93.2 Å². The number of aromatic nitrogens is 2. The van der Waals surface area contributed by atoms with Crippen LogP contribution in [0.1, 0.15) is 22.3 Å². The number of para-hydroxylation sites is 1. The summed E-state index contributed by atoms with van der Waals surface area (Å²) in [6, 6.07) is 22.1. The van der Waals surface area contributed by atoms with E-state index in [1.165, 1.54) is 0 Å². The second-order valence-electron chi connectivity index (χ2n) is 7.20. The number of nitrogens with zero attached hydrogens (tertiary/aromatic N) is 2. The molecule has 0 saturated heterocycles. The molecule has 160 valence electrons. The van der Waals surface area contributed by atoms with Gasteiger partial charge in [0.15, 0.2) is 0 Å². The average Bonchev–Trinajstić information content (AvgIpc) is 2.83. The van der Waals surface area contributed by atoms with Gasteiger partial charge in [-0.05, 0) is 43.3 Å². The molecule has 0 radical (unpaired) electrons. The fourth-order valence-corrected chi connectivity index (χ4v) is 3.16. The van der Waals surface area contributed by atoms with Gasteiger partial charge >= 0.3 is 0 Å². The van der Waals surface area contributed by atoms with Crippen LogP contribution in [0.4, 0.5) is 0 Å². The third kappa shape index (κ3) is 5.07. The fourth-order valence-electron chi connectivity index (χ4n) is 3.16. The third-order valence-corrected chi connectivity index (χ3v) is 4.82. The molecular weight excluding hydrogens is 404 g/mol. The van der Waals surface area contributed by atoms with Crippen molar-refractivity contribution in [3.05, 3.63) is 90.1 Å². The normalized spacial score (nSPS) is 10.5. The molecule has 7 nitrogen and oxygen atoms in total. The van der Waals surface area contributed by atoms with Crippen molar-refractivity contribution in [2.24, 2.45) is 0 Å². The van der Waals surface area contributed by atoms with Crippen LogP contribution < -0.4 is 15.6 Å². The van der Waals surface area contributed by atoms with Gasteiger partial charge in [-0.3, -0.25) is 25.4 Å². The number of hydrogen-bond donors (Lipinski definition) is 2. The molecule has 0 fully saturated rings. The number of aryl methyl sites for hydroxylation is 1. The number of rotatable bonds is 6. The zero-order valence-corrected chi connectivity index (χ0v) is 17.5. The Bertz CT molecular complexity index is 1240. The van der Waals surface area contributed by atoms with Gasteiger partial charge in [-0.2, -0.15) is 0 Å². The number of amides is 2. The maximum Gasteiger partial charge on any atom is 0.270 e. The van der Waals surface area contributed by atoms with Gasteiger partial charge in [-0.25, -0.2) is 4.98 Å². The minimum Gasteiger partial charge on any atom is -0.493 e. The van der Waals surface area contributed by atoms with E-state index in [-0.39, 0.29) is 18.9 Å². The van der Waals surface area contributed by atoms with Gasteiger partial charge in [-0.1, -0.05) is 42.0 Å². The Hall–Kier alpha value is -4.26. The van der Waals surface area contributed by atoms with Gasteiger partial charge in [-0.15, -0.1) is 0 Å². The van der Waals surface area contributed by atoms with Gasteiger partial charge in [0.1, 0.15) is 5.75 Å². The summed E-state index contributed by atoms with van der Waals surface area (Å²) >= 11 is 0. The summed E-state index contributed by atoms with van der Waals surface area (Å²) in [6.07, 6.45) is 1.77. The first-order chi connectivity index (χ1) is 15.6. The first-order valence-electron chi connectivity index (χ1n) is 10.2. The molecule has 32 heavy (non-hydrogen) atoms. The van der Waals surface area contributed by atoms with Crippen molar-refractivity contribution in [3.63, 3.8) is 0 Å². The number of fused-ring (bicyclic) bond motifs is 1. The standard InChI is InChI=1S/C25H22N4O3/c1-17-9-11-18(12-10-17)32-15-13-24(30)28-29-25(31)20-16-23(22-8-4-5-14-26-22)27-21-7-3-2-6-19(20)21/h2-12,14,16H,13,15H2,1H3,(H,28,30)(H,29,31). The molecule has 4 aromatic rings. The van der Waals surface area contributed by atoms with Gasteiger partial charge in [0.2, 0.25) is 5.91 Å². The SMILES string of the molecule is Cc1ccc(OCCC(=O)NNC(=O)c2cc(-c3ccccn3)nc3ccccc23)cc1. The Kier molecular flexibility index (Phi) is 6.36. The lowest BCUT2D eigenvalue weighted by Gasteiger charge is -2.11. The molecule has 0 atom stereocenters. The molecule has 4 rings (SSSR count). The molecule has 0 aliphatic rings. The van der Waals surface area contributed by atoms with E-state index in [0.717, 1.165) is 5.56 Å². The van der Waals surface area contributed by atoms with Crippen LogP contribution in [0.5, 0.6) is 5.75 Å². The van der Waals surface area contributed by atoms with E-state index in [1.807, 2.05) is 73.7 Å². The minimum absolute atomic E-state index is 0.102. The largest absolute Gasteiger partial charge is 0.493 e. The summed E-state index contributed by atoms with van der Waals surface area (Å²) in [5.41, 5.74) is 8.36. The highest BCUT2D eigenvalue weighted by molar-refractivity contribution is 6.07. The highest BCUT2D eigenvalue weighted by atomic mass is 16.5. The van der Waals surface area contributed by atoms with Gasteiger partial charge in [0, 0.05) is 11.6 Å². The summed E-state index contributed by atoms with van der Waals surface area (Å²) in [5.74, 6) is -0.0971. The Morgan fingerprint density at radius 3 is 2.47 bits per heavy atom. The number of pyridine rings is 2. The molecule has 2 N–H and O–H groups in total. The summed E-state index contributed by atoms with van der Waals surface area (Å²) in [6.45, 7) is 2.19. The molecule has 0 aliphatic heterocycles. The lowest BCUT2D eigenvalue weighted by molar-refractivity contribution is -0.122. The second kappa shape index (κ2) is 9.70. The highest BCUT2D eigenvalue weighted by Gasteiger charge is 2.15. The molecule has 0 saturated carbocycles. The van der Waals surface area contributed by atoms with E-state index in [9.17, 15) is 9.59 Å². The van der Waals surface area contributed by atoms with Gasteiger partial charge in [0.05, 0.1) is 35.5 Å². The molecular formula is C25H22N4O3. The molecule has 0 unspecified atom stereocenters. The van der Waals surface area contributed by atoms with Crippen molar-refractivity contribution >= 4 is 22.7 Å². The molecule has 0 aliphatic carbocycles. The van der Waals surface area contributed by atoms with E-state index in [0.29, 0.717) is 33.6 Å². The molecule has 2 aromatic carbocycles. The smallest absolute Gasteiger partial charge is 0.270 e. The quantitative estimate of drug-likeness (QED) is 0.457. The number of carbonyl (C=O) groups is 2. The molecule has 2 heterocycles. The van der Waals surface area contributed by atoms with Crippen LogP contribution in [0, 0.1) is 6.92 Å². The Balaban J connectivity index is 1.42. The van der Waals surface area contributed by atoms with Crippen LogP contribution in [-0.4, -0.2) is 28.4 Å². The Labute approximate surface area is 185 Å². The molecule has 7 heteroatoms. The average molecular weight is 426 g/mol. The van der Waals surface area contributed by atoms with E-state index in [4.69, 9.17) is 4.74 Å². The predicted molar refractivity (Wildman–Crippen MR) is 122 cm³/mol. The van der Waals surface area contributed by atoms with Crippen LogP contribution in [0.25, 0.3) is 22.3 Å². The van der Waals surface area contributed by atoms with E-state index < -0.39 is 5.91 Å². The summed E-state index contributed by atoms with van der Waals surface area (Å²) in [4.78, 5) is 33.9. The number of benzene rings is 2. The van der Waals surface area contributed by atoms with Crippen molar-refractivity contribution in [3.8, 4) is 17.1 Å². The van der Waals surface area contributed by atoms with E-state index in [2.05, 4.69) is 20.8 Å². The van der Waals surface area contributed by atoms with Crippen LogP contribution in [0.3, 0.4) is 0 Å². The number of nitrogens with one attached hydrogen (secondary N) is 2. The molecule has 0 spiro atoms. The molecule has 0 bridgehead atoms. The number of carbonyl (C=O) groups excluding carboxylic acids is 2. The third-order valence-electron chi connectivity index (χ3n) is 4.82. The minimum atomic E-state index is -0.436. The van der Waals surface area contributed by atoms with Crippen molar-refractivity contribution in [1.82, 2.24) is 20.8 Å². The lowest BCUT2D eigenvalue weighted by Crippen LogP contribution is -2.42.